The van der Waals surface area contributed by atoms with E-state index in [0.29, 0.717) is 0 Å². The van der Waals surface area contributed by atoms with Gasteiger partial charge in [0.1, 0.15) is 36.6 Å². The molecule has 0 spiro atoms. The zero-order valence-corrected chi connectivity index (χ0v) is 10.9. The van der Waals surface area contributed by atoms with Crippen LogP contribution >= 0.6 is 0 Å². The van der Waals surface area contributed by atoms with Crippen molar-refractivity contribution in [1.82, 2.24) is 0 Å². The van der Waals surface area contributed by atoms with Crippen LogP contribution in [0.4, 0.5) is 0 Å². The fourth-order valence-corrected chi connectivity index (χ4v) is 2.34. The molecule has 0 aromatic rings. The van der Waals surface area contributed by atoms with Crippen LogP contribution in [0.2, 0.25) is 0 Å². The molecule has 2 saturated heterocycles. The van der Waals surface area contributed by atoms with Crippen molar-refractivity contribution in [2.75, 3.05) is 20.3 Å². The van der Waals surface area contributed by atoms with Crippen LogP contribution in [0.5, 0.6) is 0 Å². The molecule has 9 nitrogen and oxygen atoms in total. The Bertz CT molecular complexity index is 314. The summed E-state index contributed by atoms with van der Waals surface area (Å²) in [7, 11) is 1.37. The van der Waals surface area contributed by atoms with Crippen LogP contribution < -0.4 is 0 Å². The van der Waals surface area contributed by atoms with Crippen LogP contribution in [-0.4, -0.2) is 95.1 Å². The first-order chi connectivity index (χ1) is 9.49. The van der Waals surface area contributed by atoms with Crippen molar-refractivity contribution >= 4 is 0 Å². The second-order valence-corrected chi connectivity index (χ2v) is 4.80. The summed E-state index contributed by atoms with van der Waals surface area (Å²) in [6, 6.07) is 0. The number of hydrogen-bond donors (Lipinski definition) is 5. The van der Waals surface area contributed by atoms with Crippen LogP contribution in [-0.2, 0) is 18.9 Å². The Hall–Kier alpha value is -0.360. The summed E-state index contributed by atoms with van der Waals surface area (Å²) < 4.78 is 20.4. The van der Waals surface area contributed by atoms with E-state index in [1.807, 2.05) is 0 Å². The van der Waals surface area contributed by atoms with E-state index in [1.165, 1.54) is 7.11 Å². The molecule has 0 aromatic heterocycles. The maximum atomic E-state index is 9.91. The van der Waals surface area contributed by atoms with Crippen LogP contribution in [0.3, 0.4) is 0 Å². The molecule has 0 aromatic carbocycles. The van der Waals surface area contributed by atoms with Crippen molar-refractivity contribution < 1.29 is 44.5 Å². The summed E-state index contributed by atoms with van der Waals surface area (Å²) in [6.45, 7) is -0.541. The fourth-order valence-electron chi connectivity index (χ4n) is 2.34. The average Bonchev–Trinajstić information content (AvgIpc) is 2.88. The Morgan fingerprint density at radius 1 is 0.950 bits per heavy atom. The highest BCUT2D eigenvalue weighted by molar-refractivity contribution is 4.89. The van der Waals surface area contributed by atoms with E-state index in [4.69, 9.17) is 24.1 Å². The van der Waals surface area contributed by atoms with Crippen LogP contribution in [0.15, 0.2) is 0 Å². The minimum Gasteiger partial charge on any atom is -0.394 e. The van der Waals surface area contributed by atoms with E-state index < -0.39 is 49.2 Å². The number of methoxy groups -OCH3 is 1. The van der Waals surface area contributed by atoms with Crippen LogP contribution in [0.1, 0.15) is 0 Å². The van der Waals surface area contributed by atoms with Crippen molar-refractivity contribution in [3.8, 4) is 0 Å². The molecule has 2 aliphatic heterocycles. The molecule has 0 bridgehead atoms. The van der Waals surface area contributed by atoms with E-state index >= 15 is 0 Å². The molecule has 0 aliphatic carbocycles. The van der Waals surface area contributed by atoms with Gasteiger partial charge in [0, 0.05) is 7.11 Å². The predicted octanol–water partition coefficient (Wildman–Crippen LogP) is -3.46. The third-order valence-electron chi connectivity index (χ3n) is 3.50. The molecule has 0 radical (unpaired) electrons. The highest BCUT2D eigenvalue weighted by Gasteiger charge is 2.46. The molecule has 0 amide bonds. The maximum absolute atomic E-state index is 9.91. The largest absolute Gasteiger partial charge is 0.394 e. The van der Waals surface area contributed by atoms with Crippen molar-refractivity contribution in [2.24, 2.45) is 0 Å². The zero-order chi connectivity index (χ0) is 14.9. The van der Waals surface area contributed by atoms with Crippen molar-refractivity contribution in [3.63, 3.8) is 0 Å². The number of hydrogen-bond acceptors (Lipinski definition) is 9. The van der Waals surface area contributed by atoms with Gasteiger partial charge in [0.05, 0.1) is 13.2 Å². The van der Waals surface area contributed by atoms with Gasteiger partial charge in [0.2, 0.25) is 0 Å². The van der Waals surface area contributed by atoms with Crippen LogP contribution in [0, 0.1) is 0 Å². The van der Waals surface area contributed by atoms with E-state index in [-0.39, 0.29) is 13.2 Å². The molecule has 9 heteroatoms. The molecule has 8 atom stereocenters. The maximum Gasteiger partial charge on any atom is 0.186 e. The first-order valence-electron chi connectivity index (χ1n) is 6.28. The molecular formula is C11H20O9. The second kappa shape index (κ2) is 6.60. The molecule has 118 valence electrons. The van der Waals surface area contributed by atoms with E-state index in [0.717, 1.165) is 0 Å². The lowest BCUT2D eigenvalue weighted by molar-refractivity contribution is -0.198. The van der Waals surface area contributed by atoms with Gasteiger partial charge in [-0.05, 0) is 0 Å². The lowest BCUT2D eigenvalue weighted by Crippen LogP contribution is -2.39. The number of aliphatic hydroxyl groups excluding tert-OH is 5. The molecule has 2 fully saturated rings. The highest BCUT2D eigenvalue weighted by Crippen LogP contribution is 2.26. The summed E-state index contributed by atoms with van der Waals surface area (Å²) >= 11 is 0. The quantitative estimate of drug-likeness (QED) is 0.350. The molecule has 0 unspecified atom stereocenters. The second-order valence-electron chi connectivity index (χ2n) is 4.80. The molecule has 5 N–H and O–H groups in total. The van der Waals surface area contributed by atoms with Gasteiger partial charge in [-0.2, -0.15) is 0 Å². The van der Waals surface area contributed by atoms with Gasteiger partial charge in [-0.3, -0.25) is 0 Å². The fraction of sp³-hybridized carbons (Fsp3) is 1.00. The van der Waals surface area contributed by atoms with E-state index in [9.17, 15) is 20.4 Å². The minimum atomic E-state index is -1.48. The Kier molecular flexibility index (Phi) is 5.29. The minimum absolute atomic E-state index is 0.203. The van der Waals surface area contributed by atoms with Gasteiger partial charge in [0.15, 0.2) is 12.6 Å². The normalized spacial score (nSPS) is 48.9. The standard InChI is InChI=1S/C11H20O9/c1-17-9-4(2-12)20-11(8(9)15)18-3-5-6(13)7(14)10(16)19-5/h4-16H,2-3H2,1H3/t4-,5-,6-,7+,8+,9-,10+,11+/m1/s1. The summed E-state index contributed by atoms with van der Waals surface area (Å²) in [5, 5.41) is 47.1. The molecular weight excluding hydrogens is 276 g/mol. The summed E-state index contributed by atoms with van der Waals surface area (Å²) in [6.07, 6.45) is -8.73. The monoisotopic (exact) mass is 296 g/mol. The first kappa shape index (κ1) is 16.0. The van der Waals surface area contributed by atoms with Crippen molar-refractivity contribution in [1.29, 1.82) is 0 Å². The van der Waals surface area contributed by atoms with E-state index in [1.54, 1.807) is 0 Å². The Morgan fingerprint density at radius 2 is 1.65 bits per heavy atom. The van der Waals surface area contributed by atoms with Crippen LogP contribution in [0.25, 0.3) is 0 Å². The number of rotatable bonds is 5. The lowest BCUT2D eigenvalue weighted by Gasteiger charge is -2.20. The predicted molar refractivity (Wildman–Crippen MR) is 61.4 cm³/mol. The summed E-state index contributed by atoms with van der Waals surface area (Å²) in [4.78, 5) is 0. The molecule has 0 saturated carbocycles. The molecule has 2 aliphatic rings. The number of aliphatic hydroxyl groups is 5. The van der Waals surface area contributed by atoms with Gasteiger partial charge in [-0.25, -0.2) is 0 Å². The van der Waals surface area contributed by atoms with Gasteiger partial charge in [0.25, 0.3) is 0 Å². The smallest absolute Gasteiger partial charge is 0.186 e. The van der Waals surface area contributed by atoms with E-state index in [2.05, 4.69) is 0 Å². The third kappa shape index (κ3) is 2.96. The molecule has 2 heterocycles. The SMILES string of the molecule is CO[C@H]1[C@H](O)[C@@H](OC[C@H]2O[C@H](O)[C@@H](O)[C@@H]2O)O[C@@H]1CO. The van der Waals surface area contributed by atoms with Crippen molar-refractivity contribution in [2.45, 2.75) is 49.2 Å². The average molecular weight is 296 g/mol. The summed E-state index contributed by atoms with van der Waals surface area (Å²) in [5.41, 5.74) is 0. The topological polar surface area (TPSA) is 138 Å². The van der Waals surface area contributed by atoms with Gasteiger partial charge < -0.3 is 44.5 Å². The lowest BCUT2D eigenvalue weighted by atomic mass is 10.1. The van der Waals surface area contributed by atoms with Gasteiger partial charge in [-0.15, -0.1) is 0 Å². The Morgan fingerprint density at radius 3 is 2.10 bits per heavy atom. The third-order valence-corrected chi connectivity index (χ3v) is 3.50. The van der Waals surface area contributed by atoms with Gasteiger partial charge >= 0.3 is 0 Å². The zero-order valence-electron chi connectivity index (χ0n) is 10.9. The molecule has 2 rings (SSSR count). The van der Waals surface area contributed by atoms with Crippen molar-refractivity contribution in [3.05, 3.63) is 0 Å². The Balaban J connectivity index is 1.86. The number of ether oxygens (including phenoxy) is 4. The Labute approximate surface area is 115 Å². The van der Waals surface area contributed by atoms with Gasteiger partial charge in [-0.1, -0.05) is 0 Å². The molecule has 20 heavy (non-hydrogen) atoms. The summed E-state index contributed by atoms with van der Waals surface area (Å²) in [5.74, 6) is 0. The highest BCUT2D eigenvalue weighted by atomic mass is 16.7. The first-order valence-corrected chi connectivity index (χ1v) is 6.28.